The van der Waals surface area contributed by atoms with Crippen molar-refractivity contribution in [3.05, 3.63) is 29.3 Å². The largest absolute Gasteiger partial charge is 0.465 e. The summed E-state index contributed by atoms with van der Waals surface area (Å²) in [7, 11) is 1.29. The molecule has 7 heteroatoms. The first-order valence-electron chi connectivity index (χ1n) is 6.47. The first kappa shape index (κ1) is 15.0. The number of ether oxygens (including phenoxy) is 1. The van der Waals surface area contributed by atoms with Crippen LogP contribution >= 0.6 is 0 Å². The van der Waals surface area contributed by atoms with Gasteiger partial charge in [-0.15, -0.1) is 0 Å². The lowest BCUT2D eigenvalue weighted by atomic mass is 10.1. The summed E-state index contributed by atoms with van der Waals surface area (Å²) in [6.45, 7) is 2.47. The normalized spacial score (nSPS) is 14.7. The molecule has 0 aliphatic carbocycles. The molecule has 0 radical (unpaired) electrons. The van der Waals surface area contributed by atoms with Crippen molar-refractivity contribution < 1.29 is 19.1 Å². The van der Waals surface area contributed by atoms with Gasteiger partial charge in [-0.3, -0.25) is 14.5 Å². The Bertz CT molecular complexity index is 586. The number of hydrogen-bond acceptors (Lipinski definition) is 5. The number of carbonyl (C=O) groups excluding carboxylic acids is 3. The molecule has 1 aliphatic rings. The molecule has 2 N–H and O–H groups in total. The monoisotopic (exact) mass is 291 g/mol. The molecular weight excluding hydrogens is 274 g/mol. The van der Waals surface area contributed by atoms with Crippen molar-refractivity contribution in [2.24, 2.45) is 0 Å². The molecule has 112 valence electrons. The van der Waals surface area contributed by atoms with E-state index in [1.807, 2.05) is 6.92 Å². The van der Waals surface area contributed by atoms with Crippen molar-refractivity contribution in [3.63, 3.8) is 0 Å². The summed E-state index contributed by atoms with van der Waals surface area (Å²) >= 11 is 0. The van der Waals surface area contributed by atoms with Crippen LogP contribution in [0.5, 0.6) is 0 Å². The Morgan fingerprint density at radius 1 is 1.43 bits per heavy atom. The van der Waals surface area contributed by atoms with Crippen molar-refractivity contribution in [1.82, 2.24) is 10.2 Å². The maximum atomic E-state index is 12.0. The van der Waals surface area contributed by atoms with Crippen LogP contribution in [0.1, 0.15) is 15.9 Å². The predicted molar refractivity (Wildman–Crippen MR) is 75.7 cm³/mol. The zero-order valence-electron chi connectivity index (χ0n) is 11.9. The Morgan fingerprint density at radius 2 is 2.19 bits per heavy atom. The van der Waals surface area contributed by atoms with Gasteiger partial charge in [-0.25, -0.2) is 4.79 Å². The average molecular weight is 291 g/mol. The van der Waals surface area contributed by atoms with Gasteiger partial charge in [-0.2, -0.15) is 0 Å². The number of aryl methyl sites for hydroxylation is 1. The van der Waals surface area contributed by atoms with Crippen molar-refractivity contribution in [3.8, 4) is 0 Å². The number of amides is 2. The molecule has 1 aromatic carbocycles. The second-order valence-corrected chi connectivity index (χ2v) is 4.83. The van der Waals surface area contributed by atoms with Crippen LogP contribution < -0.4 is 10.6 Å². The van der Waals surface area contributed by atoms with Crippen LogP contribution in [-0.2, 0) is 14.3 Å². The molecule has 0 spiro atoms. The number of nitrogens with one attached hydrogen (secondary N) is 2. The maximum absolute atomic E-state index is 12.0. The van der Waals surface area contributed by atoms with Gasteiger partial charge in [0.15, 0.2) is 0 Å². The lowest BCUT2D eigenvalue weighted by molar-refractivity contribution is -0.119. The predicted octanol–water partition coefficient (Wildman–Crippen LogP) is 0.109. The number of benzene rings is 1. The highest BCUT2D eigenvalue weighted by Crippen LogP contribution is 2.18. The van der Waals surface area contributed by atoms with Crippen LogP contribution in [0.2, 0.25) is 0 Å². The first-order valence-corrected chi connectivity index (χ1v) is 6.47. The van der Waals surface area contributed by atoms with Crippen molar-refractivity contribution in [2.75, 3.05) is 32.2 Å². The van der Waals surface area contributed by atoms with Crippen LogP contribution in [-0.4, -0.2) is 49.6 Å². The SMILES string of the molecule is COC(=O)c1cc(C)ccc1NC(=O)CN1CNC(=O)C1. The second kappa shape index (κ2) is 6.36. The molecule has 0 atom stereocenters. The number of esters is 1. The highest BCUT2D eigenvalue weighted by Gasteiger charge is 2.21. The van der Waals surface area contributed by atoms with Crippen molar-refractivity contribution in [1.29, 1.82) is 0 Å². The van der Waals surface area contributed by atoms with Gasteiger partial charge in [0.05, 0.1) is 38.1 Å². The molecule has 1 aromatic rings. The lowest BCUT2D eigenvalue weighted by Gasteiger charge is -2.14. The van der Waals surface area contributed by atoms with Crippen molar-refractivity contribution in [2.45, 2.75) is 6.92 Å². The Labute approximate surface area is 122 Å². The Balaban J connectivity index is 2.06. The fourth-order valence-corrected chi connectivity index (χ4v) is 2.07. The summed E-state index contributed by atoms with van der Waals surface area (Å²) in [6.07, 6.45) is 0. The standard InChI is InChI=1S/C14H17N3O4/c1-9-3-4-11(10(5-9)14(20)21-2)16-13(19)7-17-6-12(18)15-8-17/h3-5H,6-8H2,1-2H3,(H,15,18)(H,16,19). The van der Waals surface area contributed by atoms with Crippen LogP contribution in [0, 0.1) is 6.92 Å². The fourth-order valence-electron chi connectivity index (χ4n) is 2.07. The Morgan fingerprint density at radius 3 is 2.81 bits per heavy atom. The molecule has 0 aromatic heterocycles. The van der Waals surface area contributed by atoms with E-state index in [2.05, 4.69) is 10.6 Å². The van der Waals surface area contributed by atoms with Crippen LogP contribution in [0.15, 0.2) is 18.2 Å². The summed E-state index contributed by atoms with van der Waals surface area (Å²) in [4.78, 5) is 36.4. The summed E-state index contributed by atoms with van der Waals surface area (Å²) in [5, 5.41) is 5.29. The minimum absolute atomic E-state index is 0.0766. The zero-order valence-corrected chi connectivity index (χ0v) is 11.9. The molecule has 7 nitrogen and oxygen atoms in total. The number of anilines is 1. The zero-order chi connectivity index (χ0) is 15.4. The summed E-state index contributed by atoms with van der Waals surface area (Å²) < 4.78 is 4.71. The summed E-state index contributed by atoms with van der Waals surface area (Å²) in [5.41, 5.74) is 1.60. The molecule has 2 amide bonds. The smallest absolute Gasteiger partial charge is 0.339 e. The summed E-state index contributed by atoms with van der Waals surface area (Å²) in [5.74, 6) is -0.902. The number of rotatable bonds is 4. The van der Waals surface area contributed by atoms with Gasteiger partial charge >= 0.3 is 5.97 Å². The number of methoxy groups -OCH3 is 1. The highest BCUT2D eigenvalue weighted by atomic mass is 16.5. The van der Waals surface area contributed by atoms with Gasteiger partial charge in [0, 0.05) is 0 Å². The van der Waals surface area contributed by atoms with Gasteiger partial charge in [-0.05, 0) is 19.1 Å². The molecule has 0 saturated carbocycles. The second-order valence-electron chi connectivity index (χ2n) is 4.83. The molecular formula is C14H17N3O4. The Hall–Kier alpha value is -2.41. The van der Waals surface area contributed by atoms with E-state index in [1.165, 1.54) is 7.11 Å². The average Bonchev–Trinajstić information content (AvgIpc) is 2.85. The molecule has 0 unspecified atom stereocenters. The van der Waals surface area contributed by atoms with Gasteiger partial charge < -0.3 is 15.4 Å². The number of hydrogen-bond donors (Lipinski definition) is 2. The highest BCUT2D eigenvalue weighted by molar-refractivity contribution is 6.02. The topological polar surface area (TPSA) is 87.7 Å². The quantitative estimate of drug-likeness (QED) is 0.769. The van der Waals surface area contributed by atoms with Gasteiger partial charge in [0.2, 0.25) is 11.8 Å². The maximum Gasteiger partial charge on any atom is 0.339 e. The molecule has 21 heavy (non-hydrogen) atoms. The Kier molecular flexibility index (Phi) is 4.54. The third-order valence-corrected chi connectivity index (χ3v) is 3.09. The minimum atomic E-state index is -0.507. The van der Waals surface area contributed by atoms with E-state index in [4.69, 9.17) is 4.74 Å². The van der Waals surface area contributed by atoms with Crippen LogP contribution in [0.25, 0.3) is 0 Å². The van der Waals surface area contributed by atoms with E-state index in [-0.39, 0.29) is 24.9 Å². The van der Waals surface area contributed by atoms with Gasteiger partial charge in [0.25, 0.3) is 0 Å². The third-order valence-electron chi connectivity index (χ3n) is 3.09. The lowest BCUT2D eigenvalue weighted by Crippen LogP contribution is -2.32. The van der Waals surface area contributed by atoms with Gasteiger partial charge in [-0.1, -0.05) is 11.6 Å². The minimum Gasteiger partial charge on any atom is -0.465 e. The molecule has 1 aliphatic heterocycles. The van der Waals surface area contributed by atoms with E-state index in [9.17, 15) is 14.4 Å². The third kappa shape index (κ3) is 3.79. The van der Waals surface area contributed by atoms with Crippen molar-refractivity contribution >= 4 is 23.5 Å². The fraction of sp³-hybridized carbons (Fsp3) is 0.357. The van der Waals surface area contributed by atoms with E-state index in [1.54, 1.807) is 23.1 Å². The summed E-state index contributed by atoms with van der Waals surface area (Å²) in [6, 6.07) is 5.11. The van der Waals surface area contributed by atoms with E-state index >= 15 is 0 Å². The molecule has 1 saturated heterocycles. The van der Waals surface area contributed by atoms with E-state index in [0.29, 0.717) is 17.9 Å². The molecule has 1 fully saturated rings. The number of nitrogens with zero attached hydrogens (tertiary/aromatic N) is 1. The molecule has 2 rings (SSSR count). The first-order chi connectivity index (χ1) is 9.99. The van der Waals surface area contributed by atoms with Crippen LogP contribution in [0.4, 0.5) is 5.69 Å². The van der Waals surface area contributed by atoms with E-state index in [0.717, 1.165) is 5.56 Å². The van der Waals surface area contributed by atoms with E-state index < -0.39 is 5.97 Å². The van der Waals surface area contributed by atoms with Gasteiger partial charge in [0.1, 0.15) is 0 Å². The molecule has 0 bridgehead atoms. The van der Waals surface area contributed by atoms with Crippen LogP contribution in [0.3, 0.4) is 0 Å². The molecule has 1 heterocycles. The number of carbonyl (C=O) groups is 3.